The lowest BCUT2D eigenvalue weighted by Crippen LogP contribution is -2.29. The highest BCUT2D eigenvalue weighted by Gasteiger charge is 2.45. The van der Waals surface area contributed by atoms with Crippen molar-refractivity contribution in [1.29, 1.82) is 0 Å². The number of nitrogen functional groups attached to an aromatic ring is 1. The van der Waals surface area contributed by atoms with E-state index in [1.54, 1.807) is 13.8 Å². The van der Waals surface area contributed by atoms with Gasteiger partial charge in [-0.1, -0.05) is 13.8 Å². The standard InChI is InChI=1S/C17H16F4N4O2/c1-16(2)5-10-13(11(26)6-16)14(17(19,20)21)24-25(10)7-3-8(18)12(15(23)27)9(22)4-7/h3-4H,5-6,22H2,1-2H3,(H2,23,27). The molecule has 2 aromatic rings. The summed E-state index contributed by atoms with van der Waals surface area (Å²) < 4.78 is 55.3. The molecule has 4 N–H and O–H groups in total. The molecule has 0 radical (unpaired) electrons. The molecule has 10 heteroatoms. The van der Waals surface area contributed by atoms with Crippen LogP contribution < -0.4 is 11.5 Å². The van der Waals surface area contributed by atoms with Crippen LogP contribution in [0.4, 0.5) is 23.2 Å². The minimum absolute atomic E-state index is 0.0224. The molecule has 3 rings (SSSR count). The fraction of sp³-hybridized carbons (Fsp3) is 0.353. The number of Topliss-reactive ketones (excluding diaryl/α,β-unsaturated/α-hetero) is 1. The molecule has 0 saturated heterocycles. The predicted molar refractivity (Wildman–Crippen MR) is 87.9 cm³/mol. The number of halogens is 4. The molecule has 0 bridgehead atoms. The number of nitrogens with two attached hydrogens (primary N) is 2. The van der Waals surface area contributed by atoms with Crippen LogP contribution in [0, 0.1) is 11.2 Å². The number of rotatable bonds is 2. The lowest BCUT2D eigenvalue weighted by Gasteiger charge is -2.29. The van der Waals surface area contributed by atoms with Gasteiger partial charge in [-0.05, 0) is 17.9 Å². The highest BCUT2D eigenvalue weighted by molar-refractivity contribution is 6.00. The molecule has 6 nitrogen and oxygen atoms in total. The van der Waals surface area contributed by atoms with E-state index in [0.29, 0.717) is 0 Å². The van der Waals surface area contributed by atoms with Crippen LogP contribution in [0.1, 0.15) is 52.4 Å². The van der Waals surface area contributed by atoms with Gasteiger partial charge in [-0.3, -0.25) is 9.59 Å². The van der Waals surface area contributed by atoms with Gasteiger partial charge in [-0.25, -0.2) is 9.07 Å². The van der Waals surface area contributed by atoms with Crippen molar-refractivity contribution in [1.82, 2.24) is 9.78 Å². The fourth-order valence-corrected chi connectivity index (χ4v) is 3.36. The second-order valence-corrected chi connectivity index (χ2v) is 7.28. The quantitative estimate of drug-likeness (QED) is 0.614. The van der Waals surface area contributed by atoms with Crippen LogP contribution in [0.5, 0.6) is 0 Å². The van der Waals surface area contributed by atoms with Gasteiger partial charge in [0.1, 0.15) is 5.82 Å². The Balaban J connectivity index is 2.30. The number of alkyl halides is 3. The Hall–Kier alpha value is -2.91. The van der Waals surface area contributed by atoms with Crippen LogP contribution >= 0.6 is 0 Å². The number of hydrogen-bond donors (Lipinski definition) is 2. The summed E-state index contributed by atoms with van der Waals surface area (Å²) in [6, 6.07) is 1.92. The first-order chi connectivity index (χ1) is 12.3. The van der Waals surface area contributed by atoms with E-state index in [4.69, 9.17) is 11.5 Å². The van der Waals surface area contributed by atoms with Crippen LogP contribution in [0.3, 0.4) is 0 Å². The molecule has 1 aromatic carbocycles. The van der Waals surface area contributed by atoms with Gasteiger partial charge >= 0.3 is 6.18 Å². The lowest BCUT2D eigenvalue weighted by atomic mass is 9.75. The van der Waals surface area contributed by atoms with Gasteiger partial charge in [0.25, 0.3) is 5.91 Å². The molecule has 0 saturated carbocycles. The first-order valence-electron chi connectivity index (χ1n) is 7.93. The number of anilines is 1. The molecule has 0 fully saturated rings. The third-order valence-corrected chi connectivity index (χ3v) is 4.41. The minimum Gasteiger partial charge on any atom is -0.398 e. The number of benzene rings is 1. The second kappa shape index (κ2) is 5.80. The van der Waals surface area contributed by atoms with E-state index < -0.39 is 45.9 Å². The fourth-order valence-electron chi connectivity index (χ4n) is 3.36. The number of hydrogen-bond acceptors (Lipinski definition) is 4. The molecule has 0 unspecified atom stereocenters. The van der Waals surface area contributed by atoms with Crippen LogP contribution in [-0.2, 0) is 12.6 Å². The third kappa shape index (κ3) is 3.15. The number of nitrogens with zero attached hydrogens (tertiary/aromatic N) is 2. The number of carbonyl (C=O) groups is 2. The number of carbonyl (C=O) groups excluding carboxylic acids is 2. The van der Waals surface area contributed by atoms with Gasteiger partial charge in [-0.2, -0.15) is 18.3 Å². The highest BCUT2D eigenvalue weighted by atomic mass is 19.4. The number of amides is 1. The SMILES string of the molecule is CC1(C)CC(=O)c2c(C(F)(F)F)nn(-c3cc(N)c(C(N)=O)c(F)c3)c2C1. The summed E-state index contributed by atoms with van der Waals surface area (Å²) in [7, 11) is 0. The Kier molecular flexibility index (Phi) is 4.05. The van der Waals surface area contributed by atoms with E-state index in [0.717, 1.165) is 16.8 Å². The summed E-state index contributed by atoms with van der Waals surface area (Å²) in [5.74, 6) is -2.87. The summed E-state index contributed by atoms with van der Waals surface area (Å²) in [5.41, 5.74) is 7.25. The molecule has 27 heavy (non-hydrogen) atoms. The van der Waals surface area contributed by atoms with E-state index in [1.807, 2.05) is 0 Å². The largest absolute Gasteiger partial charge is 0.435 e. The molecule has 1 aliphatic rings. The van der Waals surface area contributed by atoms with Crippen LogP contribution in [0.2, 0.25) is 0 Å². The van der Waals surface area contributed by atoms with Crippen molar-refractivity contribution in [3.63, 3.8) is 0 Å². The second-order valence-electron chi connectivity index (χ2n) is 7.28. The van der Waals surface area contributed by atoms with Crippen molar-refractivity contribution in [3.8, 4) is 5.69 Å². The summed E-state index contributed by atoms with van der Waals surface area (Å²) in [5, 5.41) is 3.54. The zero-order valence-electron chi connectivity index (χ0n) is 14.4. The van der Waals surface area contributed by atoms with E-state index in [-0.39, 0.29) is 29.9 Å². The maximum Gasteiger partial charge on any atom is 0.435 e. The van der Waals surface area contributed by atoms with E-state index in [9.17, 15) is 27.2 Å². The molecule has 1 heterocycles. The average Bonchev–Trinajstić information content (AvgIpc) is 2.84. The highest BCUT2D eigenvalue weighted by Crippen LogP contribution is 2.42. The maximum absolute atomic E-state index is 14.2. The summed E-state index contributed by atoms with van der Waals surface area (Å²) in [6.07, 6.45) is -4.80. The normalized spacial score (nSPS) is 16.3. The van der Waals surface area contributed by atoms with Gasteiger partial charge in [0.15, 0.2) is 11.5 Å². The third-order valence-electron chi connectivity index (χ3n) is 4.41. The van der Waals surface area contributed by atoms with E-state index in [2.05, 4.69) is 5.10 Å². The molecule has 144 valence electrons. The molecule has 1 aromatic heterocycles. The monoisotopic (exact) mass is 384 g/mol. The van der Waals surface area contributed by atoms with Crippen molar-refractivity contribution in [3.05, 3.63) is 40.5 Å². The van der Waals surface area contributed by atoms with Crippen molar-refractivity contribution in [2.45, 2.75) is 32.9 Å². The molecule has 0 spiro atoms. The lowest BCUT2D eigenvalue weighted by molar-refractivity contribution is -0.141. The van der Waals surface area contributed by atoms with Crippen molar-refractivity contribution >= 4 is 17.4 Å². The molecular formula is C17H16F4N4O2. The van der Waals surface area contributed by atoms with Crippen molar-refractivity contribution in [2.24, 2.45) is 11.1 Å². The summed E-state index contributed by atoms with van der Waals surface area (Å²) >= 11 is 0. The molecular weight excluding hydrogens is 368 g/mol. The Morgan fingerprint density at radius 2 is 1.89 bits per heavy atom. The first kappa shape index (κ1) is 18.9. The summed E-state index contributed by atoms with van der Waals surface area (Å²) in [4.78, 5) is 23.7. The number of aromatic nitrogens is 2. The number of fused-ring (bicyclic) bond motifs is 1. The Morgan fingerprint density at radius 3 is 2.41 bits per heavy atom. The Morgan fingerprint density at radius 1 is 1.26 bits per heavy atom. The molecule has 1 amide bonds. The van der Waals surface area contributed by atoms with Crippen LogP contribution in [0.25, 0.3) is 5.69 Å². The van der Waals surface area contributed by atoms with Gasteiger partial charge in [0.05, 0.1) is 22.5 Å². The van der Waals surface area contributed by atoms with Gasteiger partial charge in [0.2, 0.25) is 0 Å². The van der Waals surface area contributed by atoms with Crippen molar-refractivity contribution in [2.75, 3.05) is 5.73 Å². The summed E-state index contributed by atoms with van der Waals surface area (Å²) in [6.45, 7) is 3.48. The molecule has 0 aliphatic heterocycles. The first-order valence-corrected chi connectivity index (χ1v) is 7.93. The minimum atomic E-state index is -4.86. The van der Waals surface area contributed by atoms with Gasteiger partial charge in [-0.15, -0.1) is 0 Å². The average molecular weight is 384 g/mol. The zero-order chi connectivity index (χ0) is 20.3. The Bertz CT molecular complexity index is 953. The molecule has 1 aliphatic carbocycles. The van der Waals surface area contributed by atoms with E-state index in [1.165, 1.54) is 0 Å². The molecule has 0 atom stereocenters. The Labute approximate surface area is 151 Å². The maximum atomic E-state index is 14.2. The van der Waals surface area contributed by atoms with Crippen LogP contribution in [-0.4, -0.2) is 21.5 Å². The van der Waals surface area contributed by atoms with Crippen molar-refractivity contribution < 1.29 is 27.2 Å². The topological polar surface area (TPSA) is 104 Å². The van der Waals surface area contributed by atoms with Gasteiger partial charge in [0, 0.05) is 18.2 Å². The smallest absolute Gasteiger partial charge is 0.398 e. The number of primary amides is 1. The predicted octanol–water partition coefficient (Wildman–Crippen LogP) is 2.87. The number of ketones is 1. The van der Waals surface area contributed by atoms with Gasteiger partial charge < -0.3 is 11.5 Å². The van der Waals surface area contributed by atoms with E-state index >= 15 is 0 Å². The van der Waals surface area contributed by atoms with Crippen LogP contribution in [0.15, 0.2) is 12.1 Å². The zero-order valence-corrected chi connectivity index (χ0v) is 14.4.